The third-order valence-electron chi connectivity index (χ3n) is 5.25. The van der Waals surface area contributed by atoms with E-state index in [0.717, 1.165) is 10.9 Å². The average Bonchev–Trinajstić information content (AvgIpc) is 3.13. The van der Waals surface area contributed by atoms with E-state index < -0.39 is 0 Å². The van der Waals surface area contributed by atoms with E-state index in [1.165, 1.54) is 0 Å². The van der Waals surface area contributed by atoms with Crippen LogP contribution in [0.3, 0.4) is 0 Å². The van der Waals surface area contributed by atoms with Crippen molar-refractivity contribution in [3.05, 3.63) is 22.7 Å². The van der Waals surface area contributed by atoms with E-state index >= 15 is 0 Å². The number of amides is 1. The second kappa shape index (κ2) is 5.48. The molecule has 3 aliphatic rings. The van der Waals surface area contributed by atoms with E-state index in [4.69, 9.17) is 9.47 Å². The van der Waals surface area contributed by atoms with Crippen molar-refractivity contribution in [3.63, 3.8) is 0 Å². The van der Waals surface area contributed by atoms with Gasteiger partial charge in [-0.25, -0.2) is 0 Å². The number of nitrogens with one attached hydrogen (secondary N) is 1. The lowest BCUT2D eigenvalue weighted by atomic mass is 9.79. The molecule has 23 heavy (non-hydrogen) atoms. The summed E-state index contributed by atoms with van der Waals surface area (Å²) in [7, 11) is 1.56. The normalized spacial score (nSPS) is 36.9. The molecule has 4 rings (SSSR count). The zero-order valence-electron chi connectivity index (χ0n) is 12.3. The highest BCUT2D eigenvalue weighted by atomic mass is 79.9. The summed E-state index contributed by atoms with van der Waals surface area (Å²) in [5.41, 5.74) is 0.609. The molecule has 1 N–H and O–H groups in total. The van der Waals surface area contributed by atoms with Gasteiger partial charge in [-0.3, -0.25) is 9.59 Å². The van der Waals surface area contributed by atoms with Gasteiger partial charge >= 0.3 is 5.97 Å². The Morgan fingerprint density at radius 3 is 2.91 bits per heavy atom. The van der Waals surface area contributed by atoms with Crippen molar-refractivity contribution in [2.75, 3.05) is 12.4 Å². The first-order chi connectivity index (χ1) is 11.0. The number of hydrogen-bond donors (Lipinski definition) is 1. The minimum Gasteiger partial charge on any atom is -0.495 e. The molecule has 1 amide bonds. The third kappa shape index (κ3) is 2.23. The van der Waals surface area contributed by atoms with Gasteiger partial charge in [-0.15, -0.1) is 0 Å². The highest BCUT2D eigenvalue weighted by Gasteiger charge is 2.67. The summed E-state index contributed by atoms with van der Waals surface area (Å²) in [6.45, 7) is 0. The fourth-order valence-corrected chi connectivity index (χ4v) is 5.70. The van der Waals surface area contributed by atoms with Crippen LogP contribution in [0.15, 0.2) is 22.7 Å². The van der Waals surface area contributed by atoms with Gasteiger partial charge in [0.05, 0.1) is 29.5 Å². The van der Waals surface area contributed by atoms with Gasteiger partial charge in [-0.05, 0) is 30.5 Å². The summed E-state index contributed by atoms with van der Waals surface area (Å²) in [6, 6.07) is 5.42. The molecular formula is C16H15Br2NO4. The molecule has 1 aromatic carbocycles. The molecule has 2 bridgehead atoms. The molecule has 0 radical (unpaired) electrons. The first kappa shape index (κ1) is 15.4. The average molecular weight is 445 g/mol. The Bertz CT molecular complexity index is 695. The molecule has 1 heterocycles. The predicted molar refractivity (Wildman–Crippen MR) is 90.5 cm³/mol. The smallest absolute Gasteiger partial charge is 0.310 e. The number of anilines is 1. The van der Waals surface area contributed by atoms with E-state index in [9.17, 15) is 9.59 Å². The van der Waals surface area contributed by atoms with Crippen LogP contribution >= 0.6 is 31.9 Å². The van der Waals surface area contributed by atoms with Gasteiger partial charge in [0, 0.05) is 10.4 Å². The van der Waals surface area contributed by atoms with Crippen LogP contribution in [0.4, 0.5) is 5.69 Å². The lowest BCUT2D eigenvalue weighted by Crippen LogP contribution is -2.40. The van der Waals surface area contributed by atoms with Gasteiger partial charge in [0.25, 0.3) is 0 Å². The number of halogens is 2. The van der Waals surface area contributed by atoms with Crippen molar-refractivity contribution >= 4 is 49.4 Å². The molecule has 5 nitrogen and oxygen atoms in total. The van der Waals surface area contributed by atoms with Crippen molar-refractivity contribution in [2.45, 2.75) is 17.4 Å². The first-order valence-corrected chi connectivity index (χ1v) is 9.21. The Kier molecular flexibility index (Phi) is 3.68. The number of rotatable bonds is 3. The van der Waals surface area contributed by atoms with Crippen molar-refractivity contribution in [1.29, 1.82) is 0 Å². The monoisotopic (exact) mass is 443 g/mol. The molecule has 6 atom stereocenters. The fourth-order valence-electron chi connectivity index (χ4n) is 4.31. The van der Waals surface area contributed by atoms with Gasteiger partial charge < -0.3 is 14.8 Å². The highest BCUT2D eigenvalue weighted by molar-refractivity contribution is 9.10. The van der Waals surface area contributed by atoms with Gasteiger partial charge in [0.1, 0.15) is 11.9 Å². The number of esters is 1. The Labute approximate surface area is 150 Å². The molecule has 0 spiro atoms. The Balaban J connectivity index is 1.60. The van der Waals surface area contributed by atoms with Crippen LogP contribution in [0.2, 0.25) is 0 Å². The molecule has 0 unspecified atom stereocenters. The van der Waals surface area contributed by atoms with Crippen molar-refractivity contribution in [3.8, 4) is 5.75 Å². The van der Waals surface area contributed by atoms with Crippen molar-refractivity contribution in [2.24, 2.45) is 23.7 Å². The number of methoxy groups -OCH3 is 1. The van der Waals surface area contributed by atoms with Crippen LogP contribution in [0.25, 0.3) is 0 Å². The maximum Gasteiger partial charge on any atom is 0.310 e. The number of fused-ring (bicyclic) bond motifs is 1. The van der Waals surface area contributed by atoms with Gasteiger partial charge in [0.2, 0.25) is 5.91 Å². The van der Waals surface area contributed by atoms with Crippen LogP contribution in [0, 0.1) is 23.7 Å². The number of alkyl halides is 1. The summed E-state index contributed by atoms with van der Waals surface area (Å²) in [4.78, 5) is 25.0. The highest BCUT2D eigenvalue weighted by Crippen LogP contribution is 2.60. The van der Waals surface area contributed by atoms with Crippen LogP contribution in [0.5, 0.6) is 5.75 Å². The molecule has 0 aromatic heterocycles. The number of carbonyl (C=O) groups is 2. The molecule has 3 fully saturated rings. The minimum atomic E-state index is -0.344. The molecule has 1 aliphatic heterocycles. The van der Waals surface area contributed by atoms with Gasteiger partial charge in [0.15, 0.2) is 0 Å². The molecule has 2 aliphatic carbocycles. The second-order valence-corrected chi connectivity index (χ2v) is 8.27. The molecule has 2 saturated carbocycles. The molecule has 122 valence electrons. The number of benzene rings is 1. The van der Waals surface area contributed by atoms with Crippen molar-refractivity contribution < 1.29 is 19.1 Å². The van der Waals surface area contributed by atoms with Gasteiger partial charge in [-0.2, -0.15) is 0 Å². The molecule has 7 heteroatoms. The zero-order valence-corrected chi connectivity index (χ0v) is 15.5. The maximum absolute atomic E-state index is 12.8. The summed E-state index contributed by atoms with van der Waals surface area (Å²) in [5.74, 6) is -0.123. The van der Waals surface area contributed by atoms with E-state index in [1.807, 2.05) is 6.07 Å². The summed E-state index contributed by atoms with van der Waals surface area (Å²) >= 11 is 7.00. The Morgan fingerprint density at radius 1 is 1.39 bits per heavy atom. The Hall–Kier alpha value is -1.08. The maximum atomic E-state index is 12.8. The zero-order chi connectivity index (χ0) is 16.3. The SMILES string of the molecule is COc1cc(Br)ccc1NC(=O)[C@@H]1[C@H]2C[C@H]3[C@H](OC(=O)[C@@H]31)[C@H]2Br. The molecule has 1 aromatic rings. The third-order valence-corrected chi connectivity index (χ3v) is 6.94. The van der Waals surface area contributed by atoms with E-state index in [1.54, 1.807) is 19.2 Å². The minimum absolute atomic E-state index is 0.0660. The topological polar surface area (TPSA) is 64.6 Å². The van der Waals surface area contributed by atoms with E-state index in [-0.39, 0.29) is 46.5 Å². The second-order valence-electron chi connectivity index (χ2n) is 6.29. The number of ether oxygens (including phenoxy) is 2. The summed E-state index contributed by atoms with van der Waals surface area (Å²) < 4.78 is 11.6. The van der Waals surface area contributed by atoms with Crippen LogP contribution in [0.1, 0.15) is 6.42 Å². The first-order valence-electron chi connectivity index (χ1n) is 7.50. The fraction of sp³-hybridized carbons (Fsp3) is 0.500. The van der Waals surface area contributed by atoms with Crippen LogP contribution in [-0.4, -0.2) is 29.9 Å². The summed E-state index contributed by atoms with van der Waals surface area (Å²) in [5, 5.41) is 2.93. The largest absolute Gasteiger partial charge is 0.495 e. The van der Waals surface area contributed by atoms with Crippen LogP contribution < -0.4 is 10.1 Å². The standard InChI is InChI=1S/C16H15Br2NO4/c1-22-10-4-6(17)2-3-9(10)19-15(20)11-7-5-8-12(11)16(21)23-14(8)13(7)18/h2-4,7-8,11-14H,5H2,1H3,(H,19,20)/t7-,8-,11-,12+,13+,14+/m1/s1. The van der Waals surface area contributed by atoms with E-state index in [2.05, 4.69) is 37.2 Å². The summed E-state index contributed by atoms with van der Waals surface area (Å²) in [6.07, 6.45) is 0.802. The lowest BCUT2D eigenvalue weighted by molar-refractivity contribution is -0.145. The lowest BCUT2D eigenvalue weighted by Gasteiger charge is -2.27. The van der Waals surface area contributed by atoms with Crippen molar-refractivity contribution in [1.82, 2.24) is 0 Å². The predicted octanol–water partition coefficient (Wildman–Crippen LogP) is 2.97. The van der Waals surface area contributed by atoms with Crippen LogP contribution in [-0.2, 0) is 14.3 Å². The van der Waals surface area contributed by atoms with E-state index in [0.29, 0.717) is 11.4 Å². The molecular weight excluding hydrogens is 430 g/mol. The number of hydrogen-bond acceptors (Lipinski definition) is 4. The Morgan fingerprint density at radius 2 is 2.17 bits per heavy atom. The quantitative estimate of drug-likeness (QED) is 0.575. The number of carbonyl (C=O) groups excluding carboxylic acids is 2. The molecule has 1 saturated heterocycles. The van der Waals surface area contributed by atoms with Gasteiger partial charge in [-0.1, -0.05) is 31.9 Å².